The largest absolute Gasteiger partial charge is 0.310 e. The van der Waals surface area contributed by atoms with Gasteiger partial charge in [0.05, 0.1) is 0 Å². The minimum atomic E-state index is 0.785. The minimum absolute atomic E-state index is 0.785. The molecular weight excluding hydrogens is 310 g/mol. The summed E-state index contributed by atoms with van der Waals surface area (Å²) in [6.07, 6.45) is 7.50. The molecule has 0 saturated heterocycles. The highest BCUT2D eigenvalue weighted by molar-refractivity contribution is 9.10. The van der Waals surface area contributed by atoms with Crippen LogP contribution in [0.15, 0.2) is 22.7 Å². The Bertz CT molecular complexity index is 512. The van der Waals surface area contributed by atoms with E-state index in [1.807, 2.05) is 0 Å². The summed E-state index contributed by atoms with van der Waals surface area (Å²) >= 11 is 3.70. The first kappa shape index (κ1) is 13.3. The normalized spacial score (nSPS) is 38.4. The van der Waals surface area contributed by atoms with E-state index in [1.165, 1.54) is 47.7 Å². The van der Waals surface area contributed by atoms with Gasteiger partial charge in [0.15, 0.2) is 0 Å². The van der Waals surface area contributed by atoms with E-state index in [2.05, 4.69) is 46.4 Å². The van der Waals surface area contributed by atoms with Crippen LogP contribution < -0.4 is 5.32 Å². The molecule has 0 aromatic heterocycles. The van der Waals surface area contributed by atoms with E-state index in [0.717, 1.165) is 36.3 Å². The summed E-state index contributed by atoms with van der Waals surface area (Å²) in [5.41, 5.74) is 2.73. The molecular formula is C18H24BrN. The SMILES string of the molecule is Cc1ccc(CNC2CC3CC2C2CCCC32)c(Br)c1. The molecule has 0 radical (unpaired) electrons. The van der Waals surface area contributed by atoms with Crippen LogP contribution >= 0.6 is 15.9 Å². The van der Waals surface area contributed by atoms with E-state index in [-0.39, 0.29) is 0 Å². The summed E-state index contributed by atoms with van der Waals surface area (Å²) in [5.74, 6) is 4.19. The van der Waals surface area contributed by atoms with E-state index in [1.54, 1.807) is 0 Å². The quantitative estimate of drug-likeness (QED) is 0.847. The van der Waals surface area contributed by atoms with Crippen molar-refractivity contribution in [2.24, 2.45) is 23.7 Å². The predicted molar refractivity (Wildman–Crippen MR) is 86.6 cm³/mol. The summed E-state index contributed by atoms with van der Waals surface area (Å²) in [4.78, 5) is 0. The van der Waals surface area contributed by atoms with Crippen molar-refractivity contribution in [1.82, 2.24) is 5.32 Å². The van der Waals surface area contributed by atoms with Crippen molar-refractivity contribution < 1.29 is 0 Å². The first-order valence-corrected chi connectivity index (χ1v) is 9.00. The molecule has 3 aliphatic carbocycles. The van der Waals surface area contributed by atoms with Crippen LogP contribution in [0.2, 0.25) is 0 Å². The second-order valence-electron chi connectivity index (χ2n) is 7.24. The van der Waals surface area contributed by atoms with Gasteiger partial charge in [0.2, 0.25) is 0 Å². The summed E-state index contributed by atoms with van der Waals surface area (Å²) in [6.45, 7) is 3.17. The minimum Gasteiger partial charge on any atom is -0.310 e. The molecule has 3 aliphatic rings. The van der Waals surface area contributed by atoms with E-state index >= 15 is 0 Å². The van der Waals surface area contributed by atoms with Crippen molar-refractivity contribution in [3.8, 4) is 0 Å². The molecule has 0 spiro atoms. The third kappa shape index (κ3) is 2.16. The lowest BCUT2D eigenvalue weighted by molar-refractivity contribution is 0.208. The zero-order valence-electron chi connectivity index (χ0n) is 12.2. The Balaban J connectivity index is 1.41. The number of hydrogen-bond donors (Lipinski definition) is 1. The predicted octanol–water partition coefficient (Wildman–Crippen LogP) is 4.67. The molecule has 20 heavy (non-hydrogen) atoms. The number of hydrogen-bond acceptors (Lipinski definition) is 1. The lowest BCUT2D eigenvalue weighted by Crippen LogP contribution is -2.38. The van der Waals surface area contributed by atoms with Gasteiger partial charge in [-0.05, 0) is 73.5 Å². The molecule has 5 atom stereocenters. The Labute approximate surface area is 130 Å². The van der Waals surface area contributed by atoms with Gasteiger partial charge in [-0.2, -0.15) is 0 Å². The van der Waals surface area contributed by atoms with Crippen LogP contribution in [-0.2, 0) is 6.54 Å². The molecule has 0 amide bonds. The molecule has 3 saturated carbocycles. The van der Waals surface area contributed by atoms with Crippen LogP contribution in [0.4, 0.5) is 0 Å². The molecule has 5 unspecified atom stereocenters. The Morgan fingerprint density at radius 1 is 1.15 bits per heavy atom. The zero-order valence-corrected chi connectivity index (χ0v) is 13.8. The van der Waals surface area contributed by atoms with Crippen molar-refractivity contribution in [2.75, 3.05) is 0 Å². The van der Waals surface area contributed by atoms with Crippen molar-refractivity contribution >= 4 is 15.9 Å². The lowest BCUT2D eigenvalue weighted by Gasteiger charge is -2.32. The lowest BCUT2D eigenvalue weighted by atomic mass is 9.79. The summed E-state index contributed by atoms with van der Waals surface area (Å²) < 4.78 is 1.26. The Kier molecular flexibility index (Phi) is 3.42. The van der Waals surface area contributed by atoms with Gasteiger partial charge in [0.25, 0.3) is 0 Å². The fourth-order valence-electron chi connectivity index (χ4n) is 5.34. The molecule has 4 rings (SSSR count). The maximum atomic E-state index is 3.87. The molecule has 108 valence electrons. The standard InChI is InChI=1S/C18H24BrN/c1-11-5-6-12(17(19)7-11)10-20-18-9-13-8-16(18)15-4-2-3-14(13)15/h5-7,13-16,18,20H,2-4,8-10H2,1H3. The average molecular weight is 334 g/mol. The number of halogens is 1. The Morgan fingerprint density at radius 3 is 2.85 bits per heavy atom. The van der Waals surface area contributed by atoms with Gasteiger partial charge in [-0.3, -0.25) is 0 Å². The van der Waals surface area contributed by atoms with Crippen LogP contribution in [0.1, 0.15) is 43.2 Å². The topological polar surface area (TPSA) is 12.0 Å². The number of aryl methyl sites for hydroxylation is 1. The van der Waals surface area contributed by atoms with Crippen LogP contribution in [0.25, 0.3) is 0 Å². The number of rotatable bonds is 3. The van der Waals surface area contributed by atoms with Crippen molar-refractivity contribution in [1.29, 1.82) is 0 Å². The van der Waals surface area contributed by atoms with E-state index in [0.29, 0.717) is 0 Å². The molecule has 1 aromatic carbocycles. The molecule has 1 aromatic rings. The highest BCUT2D eigenvalue weighted by atomic mass is 79.9. The fraction of sp³-hybridized carbons (Fsp3) is 0.667. The second-order valence-corrected chi connectivity index (χ2v) is 8.09. The van der Waals surface area contributed by atoms with Crippen molar-refractivity contribution in [2.45, 2.75) is 51.6 Å². The third-order valence-electron chi connectivity index (χ3n) is 6.19. The third-order valence-corrected chi connectivity index (χ3v) is 6.93. The number of fused-ring (bicyclic) bond motifs is 5. The molecule has 0 aliphatic heterocycles. The van der Waals surface area contributed by atoms with Crippen molar-refractivity contribution in [3.63, 3.8) is 0 Å². The summed E-state index contributed by atoms with van der Waals surface area (Å²) in [7, 11) is 0. The molecule has 0 heterocycles. The average Bonchev–Trinajstić information content (AvgIpc) is 3.10. The molecule has 2 heteroatoms. The van der Waals surface area contributed by atoms with E-state index in [9.17, 15) is 0 Å². The van der Waals surface area contributed by atoms with Gasteiger partial charge >= 0.3 is 0 Å². The van der Waals surface area contributed by atoms with E-state index < -0.39 is 0 Å². The number of benzene rings is 1. The zero-order chi connectivity index (χ0) is 13.7. The van der Waals surface area contributed by atoms with Gasteiger partial charge in [-0.25, -0.2) is 0 Å². The summed E-state index contributed by atoms with van der Waals surface area (Å²) in [6, 6.07) is 7.49. The van der Waals surface area contributed by atoms with Crippen molar-refractivity contribution in [3.05, 3.63) is 33.8 Å². The van der Waals surface area contributed by atoms with Crippen LogP contribution in [0.5, 0.6) is 0 Å². The number of nitrogens with one attached hydrogen (secondary N) is 1. The monoisotopic (exact) mass is 333 g/mol. The fourth-order valence-corrected chi connectivity index (χ4v) is 5.97. The maximum absolute atomic E-state index is 3.87. The van der Waals surface area contributed by atoms with Crippen LogP contribution in [0, 0.1) is 30.6 Å². The maximum Gasteiger partial charge on any atom is 0.0222 e. The van der Waals surface area contributed by atoms with Gasteiger partial charge in [0, 0.05) is 17.1 Å². The van der Waals surface area contributed by atoms with Gasteiger partial charge in [-0.15, -0.1) is 0 Å². The molecule has 2 bridgehead atoms. The smallest absolute Gasteiger partial charge is 0.0222 e. The van der Waals surface area contributed by atoms with Crippen LogP contribution in [-0.4, -0.2) is 6.04 Å². The molecule has 3 fully saturated rings. The highest BCUT2D eigenvalue weighted by Gasteiger charge is 2.53. The Hall–Kier alpha value is -0.340. The highest BCUT2D eigenvalue weighted by Crippen LogP contribution is 2.58. The van der Waals surface area contributed by atoms with Gasteiger partial charge in [0.1, 0.15) is 0 Å². The Morgan fingerprint density at radius 2 is 2.00 bits per heavy atom. The van der Waals surface area contributed by atoms with E-state index in [4.69, 9.17) is 0 Å². The second kappa shape index (κ2) is 5.14. The molecule has 1 N–H and O–H groups in total. The molecule has 1 nitrogen and oxygen atoms in total. The van der Waals surface area contributed by atoms with Gasteiger partial charge in [-0.1, -0.05) is 34.5 Å². The summed E-state index contributed by atoms with van der Waals surface area (Å²) in [5, 5.41) is 3.87. The first-order chi connectivity index (χ1) is 9.72. The van der Waals surface area contributed by atoms with Gasteiger partial charge < -0.3 is 5.32 Å². The van der Waals surface area contributed by atoms with Crippen LogP contribution in [0.3, 0.4) is 0 Å². The first-order valence-electron chi connectivity index (χ1n) is 8.21.